The Bertz CT molecular complexity index is 442. The van der Waals surface area contributed by atoms with Crippen LogP contribution >= 0.6 is 0 Å². The quantitative estimate of drug-likeness (QED) is 0.857. The van der Waals surface area contributed by atoms with Crippen molar-refractivity contribution < 1.29 is 13.2 Å². The van der Waals surface area contributed by atoms with E-state index in [0.717, 1.165) is 12.8 Å². The summed E-state index contributed by atoms with van der Waals surface area (Å²) in [5.74, 6) is 1.24. The Labute approximate surface area is 117 Å². The van der Waals surface area contributed by atoms with Gasteiger partial charge in [0, 0.05) is 12.0 Å². The van der Waals surface area contributed by atoms with Crippen molar-refractivity contribution in [2.45, 2.75) is 57.8 Å². The van der Waals surface area contributed by atoms with Gasteiger partial charge < -0.3 is 10.1 Å². The van der Waals surface area contributed by atoms with Gasteiger partial charge in [0.05, 0.1) is 22.7 Å². The molecule has 2 saturated heterocycles. The summed E-state index contributed by atoms with van der Waals surface area (Å²) in [5.41, 5.74) is -0.329. The maximum atomic E-state index is 11.7. The molecule has 0 aliphatic carbocycles. The number of sulfone groups is 1. The van der Waals surface area contributed by atoms with Crippen LogP contribution in [0.25, 0.3) is 0 Å². The fourth-order valence-corrected chi connectivity index (χ4v) is 5.89. The van der Waals surface area contributed by atoms with Gasteiger partial charge in [0.2, 0.25) is 0 Å². The second-order valence-corrected chi connectivity index (χ2v) is 9.48. The lowest BCUT2D eigenvalue weighted by molar-refractivity contribution is -0.0790. The molecule has 3 atom stereocenters. The minimum atomic E-state index is -2.83. The Balaban J connectivity index is 2.19. The van der Waals surface area contributed by atoms with Crippen LogP contribution in [-0.2, 0) is 14.6 Å². The molecular formula is C14H27NO3S. The first-order valence-electron chi connectivity index (χ1n) is 7.14. The standard InChI is InChI=1S/C14H27NO3S/c1-13(2)8-11(14(3,4)18-13)12(15-5)10-6-7-19(16,17)9-10/h10-12,15H,6-9H2,1-5H3. The Morgan fingerprint density at radius 1 is 1.26 bits per heavy atom. The fraction of sp³-hybridized carbons (Fsp3) is 1.00. The van der Waals surface area contributed by atoms with E-state index in [2.05, 4.69) is 33.0 Å². The SMILES string of the molecule is CNC(C1CCS(=O)(=O)C1)C1CC(C)(C)OC1(C)C. The molecule has 0 saturated carbocycles. The predicted octanol–water partition coefficient (Wildman–Crippen LogP) is 1.60. The normalized spacial score (nSPS) is 37.3. The lowest BCUT2D eigenvalue weighted by Gasteiger charge is -2.35. The largest absolute Gasteiger partial charge is 0.369 e. The molecular weight excluding hydrogens is 262 g/mol. The molecule has 2 rings (SSSR count). The van der Waals surface area contributed by atoms with Crippen LogP contribution in [0.2, 0.25) is 0 Å². The van der Waals surface area contributed by atoms with E-state index >= 15 is 0 Å². The van der Waals surface area contributed by atoms with Crippen LogP contribution < -0.4 is 5.32 Å². The van der Waals surface area contributed by atoms with Crippen LogP contribution in [0.4, 0.5) is 0 Å². The zero-order valence-electron chi connectivity index (χ0n) is 12.7. The zero-order valence-corrected chi connectivity index (χ0v) is 13.5. The summed E-state index contributed by atoms with van der Waals surface area (Å²) in [6, 6.07) is 0.217. The monoisotopic (exact) mass is 289 g/mol. The fourth-order valence-electron chi connectivity index (χ4n) is 4.04. The maximum absolute atomic E-state index is 11.7. The van der Waals surface area contributed by atoms with E-state index in [9.17, 15) is 8.42 Å². The molecule has 4 nitrogen and oxygen atoms in total. The Morgan fingerprint density at radius 3 is 2.26 bits per heavy atom. The summed E-state index contributed by atoms with van der Waals surface area (Å²) < 4.78 is 29.6. The lowest BCUT2D eigenvalue weighted by Crippen LogP contribution is -2.47. The van der Waals surface area contributed by atoms with Gasteiger partial charge >= 0.3 is 0 Å². The molecule has 3 unspecified atom stereocenters. The topological polar surface area (TPSA) is 55.4 Å². The summed E-state index contributed by atoms with van der Waals surface area (Å²) in [6.07, 6.45) is 1.75. The third-order valence-corrected chi connectivity index (χ3v) is 6.48. The molecule has 0 spiro atoms. The van der Waals surface area contributed by atoms with Crippen LogP contribution in [-0.4, -0.2) is 44.2 Å². The maximum Gasteiger partial charge on any atom is 0.150 e. The van der Waals surface area contributed by atoms with Gasteiger partial charge in [-0.1, -0.05) is 0 Å². The first kappa shape index (κ1) is 15.3. The Hall–Kier alpha value is -0.130. The van der Waals surface area contributed by atoms with Gasteiger partial charge in [-0.05, 0) is 53.5 Å². The van der Waals surface area contributed by atoms with Crippen molar-refractivity contribution >= 4 is 9.84 Å². The average Bonchev–Trinajstić information content (AvgIpc) is 2.66. The number of nitrogens with one attached hydrogen (secondary N) is 1. The minimum absolute atomic E-state index is 0.124. The summed E-state index contributed by atoms with van der Waals surface area (Å²) >= 11 is 0. The molecule has 2 aliphatic rings. The summed E-state index contributed by atoms with van der Waals surface area (Å²) in [5, 5.41) is 3.37. The van der Waals surface area contributed by atoms with E-state index in [1.54, 1.807) is 0 Å². The predicted molar refractivity (Wildman–Crippen MR) is 77.0 cm³/mol. The Kier molecular flexibility index (Phi) is 3.78. The highest BCUT2D eigenvalue weighted by molar-refractivity contribution is 7.91. The number of rotatable bonds is 3. The van der Waals surface area contributed by atoms with Crippen molar-refractivity contribution in [1.82, 2.24) is 5.32 Å². The summed E-state index contributed by atoms with van der Waals surface area (Å²) in [4.78, 5) is 0. The van der Waals surface area contributed by atoms with Gasteiger partial charge in [-0.3, -0.25) is 0 Å². The summed E-state index contributed by atoms with van der Waals surface area (Å²) in [6.45, 7) is 8.49. The van der Waals surface area contributed by atoms with E-state index in [-0.39, 0.29) is 23.2 Å². The minimum Gasteiger partial charge on any atom is -0.369 e. The van der Waals surface area contributed by atoms with Gasteiger partial charge in [-0.25, -0.2) is 8.42 Å². The van der Waals surface area contributed by atoms with Crippen molar-refractivity contribution in [3.05, 3.63) is 0 Å². The van der Waals surface area contributed by atoms with Crippen LogP contribution in [0.5, 0.6) is 0 Å². The van der Waals surface area contributed by atoms with E-state index in [1.165, 1.54) is 0 Å². The van der Waals surface area contributed by atoms with Crippen LogP contribution in [0.3, 0.4) is 0 Å². The number of ether oxygens (including phenoxy) is 1. The smallest absolute Gasteiger partial charge is 0.150 e. The van der Waals surface area contributed by atoms with E-state index in [4.69, 9.17) is 4.74 Å². The van der Waals surface area contributed by atoms with E-state index in [1.807, 2.05) is 7.05 Å². The van der Waals surface area contributed by atoms with Crippen LogP contribution in [0, 0.1) is 11.8 Å². The molecule has 5 heteroatoms. The van der Waals surface area contributed by atoms with Crippen molar-refractivity contribution in [2.75, 3.05) is 18.6 Å². The number of hydrogen-bond acceptors (Lipinski definition) is 4. The molecule has 2 heterocycles. The van der Waals surface area contributed by atoms with Gasteiger partial charge in [0.25, 0.3) is 0 Å². The molecule has 0 aromatic rings. The third kappa shape index (κ3) is 3.14. The highest BCUT2D eigenvalue weighted by Gasteiger charge is 2.51. The third-order valence-electron chi connectivity index (χ3n) is 4.69. The van der Waals surface area contributed by atoms with Crippen LogP contribution in [0.1, 0.15) is 40.5 Å². The van der Waals surface area contributed by atoms with Crippen molar-refractivity contribution in [2.24, 2.45) is 11.8 Å². The summed E-state index contributed by atoms with van der Waals surface area (Å²) in [7, 11) is -0.885. The van der Waals surface area contributed by atoms with Crippen molar-refractivity contribution in [3.8, 4) is 0 Å². The second kappa shape index (κ2) is 4.71. The molecule has 0 bridgehead atoms. The molecule has 2 fully saturated rings. The van der Waals surface area contributed by atoms with Crippen molar-refractivity contribution in [3.63, 3.8) is 0 Å². The molecule has 0 aromatic carbocycles. The first-order chi connectivity index (χ1) is 8.56. The molecule has 0 amide bonds. The zero-order chi connectivity index (χ0) is 14.5. The molecule has 19 heavy (non-hydrogen) atoms. The molecule has 2 aliphatic heterocycles. The van der Waals surface area contributed by atoms with Crippen molar-refractivity contribution in [1.29, 1.82) is 0 Å². The van der Waals surface area contributed by atoms with Crippen LogP contribution in [0.15, 0.2) is 0 Å². The average molecular weight is 289 g/mol. The Morgan fingerprint density at radius 2 is 1.89 bits per heavy atom. The number of hydrogen-bond donors (Lipinski definition) is 1. The highest BCUT2D eigenvalue weighted by atomic mass is 32.2. The first-order valence-corrected chi connectivity index (χ1v) is 8.96. The second-order valence-electron chi connectivity index (χ2n) is 7.25. The van der Waals surface area contributed by atoms with Gasteiger partial charge in [-0.15, -0.1) is 0 Å². The van der Waals surface area contributed by atoms with Gasteiger partial charge in [0.15, 0.2) is 9.84 Å². The van der Waals surface area contributed by atoms with Gasteiger partial charge in [-0.2, -0.15) is 0 Å². The van der Waals surface area contributed by atoms with E-state index in [0.29, 0.717) is 17.4 Å². The molecule has 112 valence electrons. The molecule has 1 N–H and O–H groups in total. The lowest BCUT2D eigenvalue weighted by atomic mass is 9.76. The highest BCUT2D eigenvalue weighted by Crippen LogP contribution is 2.45. The van der Waals surface area contributed by atoms with E-state index < -0.39 is 9.84 Å². The molecule has 0 radical (unpaired) electrons. The van der Waals surface area contributed by atoms with Gasteiger partial charge in [0.1, 0.15) is 0 Å². The molecule has 0 aromatic heterocycles.